The number of rotatable bonds is 5. The maximum atomic E-state index is 12.6. The van der Waals surface area contributed by atoms with E-state index in [1.54, 1.807) is 45.6 Å². The molecule has 0 aliphatic carbocycles. The highest BCUT2D eigenvalue weighted by molar-refractivity contribution is 5.94. The molecule has 1 atom stereocenters. The Morgan fingerprint density at radius 2 is 1.85 bits per heavy atom. The van der Waals surface area contributed by atoms with E-state index < -0.39 is 0 Å². The molecule has 5 heteroatoms. The summed E-state index contributed by atoms with van der Waals surface area (Å²) in [5, 5.41) is 0. The van der Waals surface area contributed by atoms with Crippen molar-refractivity contribution in [3.63, 3.8) is 0 Å². The smallest absolute Gasteiger partial charge is 0.254 e. The van der Waals surface area contributed by atoms with Crippen molar-refractivity contribution in [2.45, 2.75) is 25.2 Å². The molecular formula is C15H21NO4. The second kappa shape index (κ2) is 6.72. The molecule has 0 radical (unpaired) electrons. The number of hydrogen-bond acceptors (Lipinski definition) is 4. The molecule has 0 bridgehead atoms. The largest absolute Gasteiger partial charge is 0.497 e. The number of nitrogens with zero attached hydrogens (tertiary/aromatic N) is 1. The van der Waals surface area contributed by atoms with E-state index in [1.165, 1.54) is 0 Å². The van der Waals surface area contributed by atoms with Crippen molar-refractivity contribution < 1.29 is 19.0 Å². The quantitative estimate of drug-likeness (QED) is 0.773. The van der Waals surface area contributed by atoms with Crippen LogP contribution in [0.5, 0.6) is 5.75 Å². The Kier molecular flexibility index (Phi) is 4.98. The van der Waals surface area contributed by atoms with E-state index in [0.717, 1.165) is 25.1 Å². The first-order valence-corrected chi connectivity index (χ1v) is 6.72. The normalized spacial score (nSPS) is 18.6. The van der Waals surface area contributed by atoms with Crippen LogP contribution in [0, 0.1) is 0 Å². The minimum absolute atomic E-state index is 0.00857. The molecule has 0 unspecified atom stereocenters. The number of amides is 1. The summed E-state index contributed by atoms with van der Waals surface area (Å²) in [5.41, 5.74) is 0.656. The minimum atomic E-state index is -0.375. The molecule has 1 amide bonds. The van der Waals surface area contributed by atoms with Gasteiger partial charge in [-0.25, -0.2) is 0 Å². The maximum Gasteiger partial charge on any atom is 0.254 e. The van der Waals surface area contributed by atoms with Gasteiger partial charge in [-0.05, 0) is 37.1 Å². The maximum absolute atomic E-state index is 12.6. The number of carbonyl (C=O) groups is 1. The molecule has 20 heavy (non-hydrogen) atoms. The van der Waals surface area contributed by atoms with Crippen molar-refractivity contribution in [2.24, 2.45) is 0 Å². The number of likely N-dealkylation sites (tertiary alicyclic amines) is 1. The number of methoxy groups -OCH3 is 3. The molecule has 1 heterocycles. The molecule has 110 valence electrons. The Balaban J connectivity index is 2.14. The van der Waals surface area contributed by atoms with Crippen LogP contribution in [-0.2, 0) is 9.47 Å². The molecule has 0 saturated carbocycles. The van der Waals surface area contributed by atoms with Crippen LogP contribution in [-0.4, -0.2) is 51.0 Å². The Labute approximate surface area is 119 Å². The zero-order chi connectivity index (χ0) is 14.5. The predicted molar refractivity (Wildman–Crippen MR) is 74.9 cm³/mol. The second-order valence-electron chi connectivity index (χ2n) is 4.78. The van der Waals surface area contributed by atoms with Gasteiger partial charge in [0.05, 0.1) is 13.2 Å². The van der Waals surface area contributed by atoms with Gasteiger partial charge in [0.25, 0.3) is 5.91 Å². The first kappa shape index (κ1) is 14.8. The highest BCUT2D eigenvalue weighted by Gasteiger charge is 2.35. The molecular weight excluding hydrogens is 258 g/mol. The molecule has 1 aliphatic heterocycles. The summed E-state index contributed by atoms with van der Waals surface area (Å²) in [7, 11) is 4.81. The molecule has 0 aromatic heterocycles. The molecule has 0 spiro atoms. The lowest BCUT2D eigenvalue weighted by Crippen LogP contribution is -2.44. The summed E-state index contributed by atoms with van der Waals surface area (Å²) in [5.74, 6) is 0.750. The van der Waals surface area contributed by atoms with E-state index in [2.05, 4.69) is 0 Å². The molecule has 1 fully saturated rings. The van der Waals surface area contributed by atoms with Gasteiger partial charge in [-0.15, -0.1) is 0 Å². The molecule has 1 saturated heterocycles. The molecule has 5 nitrogen and oxygen atoms in total. The lowest BCUT2D eigenvalue weighted by Gasteiger charge is -2.29. The number of ether oxygens (including phenoxy) is 3. The van der Waals surface area contributed by atoms with Gasteiger partial charge < -0.3 is 19.1 Å². The lowest BCUT2D eigenvalue weighted by atomic mass is 10.1. The summed E-state index contributed by atoms with van der Waals surface area (Å²) < 4.78 is 15.7. The van der Waals surface area contributed by atoms with Crippen LogP contribution in [0.1, 0.15) is 23.2 Å². The van der Waals surface area contributed by atoms with Crippen LogP contribution in [0.3, 0.4) is 0 Å². The SMILES string of the molecule is COc1ccc(C(=O)N2CCC[C@H]2C(OC)OC)cc1. The van der Waals surface area contributed by atoms with Gasteiger partial charge in [-0.3, -0.25) is 4.79 Å². The molecule has 1 aliphatic rings. The molecule has 1 aromatic carbocycles. The van der Waals surface area contributed by atoms with Gasteiger partial charge in [0.15, 0.2) is 6.29 Å². The summed E-state index contributed by atoms with van der Waals surface area (Å²) in [6.07, 6.45) is 1.49. The third-order valence-corrected chi connectivity index (χ3v) is 3.68. The Morgan fingerprint density at radius 1 is 1.20 bits per heavy atom. The van der Waals surface area contributed by atoms with Crippen LogP contribution >= 0.6 is 0 Å². The van der Waals surface area contributed by atoms with E-state index in [0.29, 0.717) is 5.56 Å². The van der Waals surface area contributed by atoms with Crippen LogP contribution in [0.2, 0.25) is 0 Å². The fourth-order valence-electron chi connectivity index (χ4n) is 2.64. The third kappa shape index (κ3) is 2.94. The molecule has 0 N–H and O–H groups in total. The van der Waals surface area contributed by atoms with Crippen LogP contribution in [0.4, 0.5) is 0 Å². The first-order valence-electron chi connectivity index (χ1n) is 6.72. The van der Waals surface area contributed by atoms with Crippen molar-refractivity contribution in [3.8, 4) is 5.75 Å². The Morgan fingerprint density at radius 3 is 2.40 bits per heavy atom. The van der Waals surface area contributed by atoms with Crippen LogP contribution in [0.15, 0.2) is 24.3 Å². The fraction of sp³-hybridized carbons (Fsp3) is 0.533. The van der Waals surface area contributed by atoms with Crippen molar-refractivity contribution >= 4 is 5.91 Å². The van der Waals surface area contributed by atoms with Gasteiger partial charge in [0.1, 0.15) is 5.75 Å². The zero-order valence-corrected chi connectivity index (χ0v) is 12.2. The van der Waals surface area contributed by atoms with Crippen molar-refractivity contribution in [2.75, 3.05) is 27.9 Å². The first-order chi connectivity index (χ1) is 9.71. The zero-order valence-electron chi connectivity index (χ0n) is 12.2. The van der Waals surface area contributed by atoms with E-state index >= 15 is 0 Å². The monoisotopic (exact) mass is 279 g/mol. The average Bonchev–Trinajstić information content (AvgIpc) is 2.97. The van der Waals surface area contributed by atoms with Crippen molar-refractivity contribution in [1.29, 1.82) is 0 Å². The number of carbonyl (C=O) groups excluding carboxylic acids is 1. The molecule has 2 rings (SSSR count). The van der Waals surface area contributed by atoms with Gasteiger partial charge in [-0.1, -0.05) is 0 Å². The van der Waals surface area contributed by atoms with Gasteiger partial charge in [0.2, 0.25) is 0 Å². The van der Waals surface area contributed by atoms with Crippen molar-refractivity contribution in [3.05, 3.63) is 29.8 Å². The van der Waals surface area contributed by atoms with E-state index in [1.807, 2.05) is 4.90 Å². The van der Waals surface area contributed by atoms with Gasteiger partial charge >= 0.3 is 0 Å². The fourth-order valence-corrected chi connectivity index (χ4v) is 2.64. The summed E-state index contributed by atoms with van der Waals surface area (Å²) in [6.45, 7) is 0.735. The molecule has 1 aromatic rings. The highest BCUT2D eigenvalue weighted by atomic mass is 16.7. The lowest BCUT2D eigenvalue weighted by molar-refractivity contribution is -0.134. The number of benzene rings is 1. The van der Waals surface area contributed by atoms with E-state index in [-0.39, 0.29) is 18.2 Å². The number of hydrogen-bond donors (Lipinski definition) is 0. The summed E-state index contributed by atoms with van der Waals surface area (Å²) in [6, 6.07) is 7.13. The Hall–Kier alpha value is -1.59. The highest BCUT2D eigenvalue weighted by Crippen LogP contribution is 2.25. The Bertz CT molecular complexity index is 442. The standard InChI is InChI=1S/C15H21NO4/c1-18-12-8-6-11(7-9-12)14(17)16-10-4-5-13(16)15(19-2)20-3/h6-9,13,15H,4-5,10H2,1-3H3/t13-/m0/s1. The van der Waals surface area contributed by atoms with Gasteiger partial charge in [0, 0.05) is 26.3 Å². The van der Waals surface area contributed by atoms with E-state index in [9.17, 15) is 4.79 Å². The van der Waals surface area contributed by atoms with Crippen molar-refractivity contribution in [1.82, 2.24) is 4.90 Å². The average molecular weight is 279 g/mol. The third-order valence-electron chi connectivity index (χ3n) is 3.68. The predicted octanol–water partition coefficient (Wildman–Crippen LogP) is 1.92. The second-order valence-corrected chi connectivity index (χ2v) is 4.78. The summed E-state index contributed by atoms with van der Waals surface area (Å²) in [4.78, 5) is 14.4. The summed E-state index contributed by atoms with van der Waals surface area (Å²) >= 11 is 0. The van der Waals surface area contributed by atoms with Crippen LogP contribution < -0.4 is 4.74 Å². The van der Waals surface area contributed by atoms with Crippen LogP contribution in [0.25, 0.3) is 0 Å². The topological polar surface area (TPSA) is 48.0 Å². The van der Waals surface area contributed by atoms with E-state index in [4.69, 9.17) is 14.2 Å². The van der Waals surface area contributed by atoms with Gasteiger partial charge in [-0.2, -0.15) is 0 Å². The minimum Gasteiger partial charge on any atom is -0.497 e.